The summed E-state index contributed by atoms with van der Waals surface area (Å²) in [6.45, 7) is 1.41. The van der Waals surface area contributed by atoms with Gasteiger partial charge in [-0.1, -0.05) is 6.07 Å². The standard InChI is InChI=1S/C27H24FN5O3/c1-33(2)27(34)18-12-21(28)25(31-15-18)24-13-23-26(36-24)20(5-8-30-23)16-3-4-22(17(11-16)14-29)32-19-6-9-35-10-7-19/h3-5,8,11-13,15,19,32H,6-7,9-10H2,1-2H3. The number of rotatable bonds is 5. The molecule has 1 aliphatic rings. The molecule has 0 radical (unpaired) electrons. The minimum atomic E-state index is -0.668. The number of anilines is 1. The maximum atomic E-state index is 14.9. The van der Waals surface area contributed by atoms with E-state index in [9.17, 15) is 14.4 Å². The SMILES string of the molecule is CN(C)C(=O)c1cnc(-c2cc3nccc(-c4ccc(NC5CCOCC5)c(C#N)c4)c3o2)c(F)c1. The molecule has 1 aromatic carbocycles. The molecule has 0 atom stereocenters. The summed E-state index contributed by atoms with van der Waals surface area (Å²) in [4.78, 5) is 22.0. The predicted molar refractivity (Wildman–Crippen MR) is 133 cm³/mol. The molecule has 1 saturated heterocycles. The van der Waals surface area contributed by atoms with Crippen LogP contribution in [0.3, 0.4) is 0 Å². The van der Waals surface area contributed by atoms with Crippen LogP contribution in [0.4, 0.5) is 10.1 Å². The quantitative estimate of drug-likeness (QED) is 0.430. The van der Waals surface area contributed by atoms with E-state index < -0.39 is 5.82 Å². The topological polar surface area (TPSA) is 104 Å². The minimum Gasteiger partial charge on any atom is -0.452 e. The van der Waals surface area contributed by atoms with E-state index in [1.165, 1.54) is 11.1 Å². The summed E-state index contributed by atoms with van der Waals surface area (Å²) in [6.07, 6.45) is 4.74. The number of ether oxygens (including phenoxy) is 1. The van der Waals surface area contributed by atoms with Crippen LogP contribution < -0.4 is 5.32 Å². The Morgan fingerprint density at radius 2 is 1.97 bits per heavy atom. The number of nitriles is 1. The molecule has 1 aliphatic heterocycles. The van der Waals surface area contributed by atoms with Crippen LogP contribution in [0.25, 0.3) is 33.7 Å². The third kappa shape index (κ3) is 4.51. The van der Waals surface area contributed by atoms with E-state index in [0.29, 0.717) is 29.9 Å². The molecule has 36 heavy (non-hydrogen) atoms. The van der Waals surface area contributed by atoms with Crippen molar-refractivity contribution < 1.29 is 18.3 Å². The third-order valence-electron chi connectivity index (χ3n) is 6.17. The number of hydrogen-bond acceptors (Lipinski definition) is 7. The molecule has 8 nitrogen and oxygen atoms in total. The number of carbonyl (C=O) groups is 1. The first-order chi connectivity index (χ1) is 17.4. The maximum absolute atomic E-state index is 14.9. The highest BCUT2D eigenvalue weighted by Gasteiger charge is 2.20. The van der Waals surface area contributed by atoms with Gasteiger partial charge in [0, 0.05) is 57.4 Å². The van der Waals surface area contributed by atoms with E-state index in [0.717, 1.165) is 35.7 Å². The first kappa shape index (κ1) is 23.5. The molecule has 1 N–H and O–H groups in total. The van der Waals surface area contributed by atoms with Crippen molar-refractivity contribution in [2.45, 2.75) is 18.9 Å². The zero-order valence-electron chi connectivity index (χ0n) is 19.9. The molecular weight excluding hydrogens is 461 g/mol. The van der Waals surface area contributed by atoms with Gasteiger partial charge in [-0.25, -0.2) is 9.37 Å². The number of amides is 1. The highest BCUT2D eigenvalue weighted by molar-refractivity contribution is 5.95. The van der Waals surface area contributed by atoms with Crippen molar-refractivity contribution in [1.82, 2.24) is 14.9 Å². The van der Waals surface area contributed by atoms with Gasteiger partial charge in [-0.3, -0.25) is 9.78 Å². The van der Waals surface area contributed by atoms with Gasteiger partial charge in [0.2, 0.25) is 0 Å². The largest absolute Gasteiger partial charge is 0.452 e. The van der Waals surface area contributed by atoms with Crippen molar-refractivity contribution in [3.8, 4) is 28.7 Å². The fourth-order valence-corrected chi connectivity index (χ4v) is 4.27. The monoisotopic (exact) mass is 485 g/mol. The molecule has 0 unspecified atom stereocenters. The fraction of sp³-hybridized carbons (Fsp3) is 0.259. The van der Waals surface area contributed by atoms with Crippen LogP contribution in [0.5, 0.6) is 0 Å². The van der Waals surface area contributed by atoms with Crippen LogP contribution >= 0.6 is 0 Å². The molecule has 0 bridgehead atoms. The van der Waals surface area contributed by atoms with Gasteiger partial charge in [-0.05, 0) is 42.7 Å². The van der Waals surface area contributed by atoms with Crippen molar-refractivity contribution in [2.24, 2.45) is 0 Å². The lowest BCUT2D eigenvalue weighted by molar-refractivity contribution is 0.0826. The van der Waals surface area contributed by atoms with Crippen LogP contribution in [-0.4, -0.2) is 54.1 Å². The molecule has 5 rings (SSSR count). The minimum absolute atomic E-state index is 0.0111. The Hall–Kier alpha value is -4.29. The lowest BCUT2D eigenvalue weighted by atomic mass is 10.0. The van der Waals surface area contributed by atoms with Crippen LogP contribution in [0.15, 0.2) is 53.2 Å². The van der Waals surface area contributed by atoms with E-state index in [1.54, 1.807) is 38.5 Å². The Kier molecular flexibility index (Phi) is 6.36. The molecule has 0 spiro atoms. The first-order valence-corrected chi connectivity index (χ1v) is 11.6. The average molecular weight is 486 g/mol. The van der Waals surface area contributed by atoms with Gasteiger partial charge in [0.25, 0.3) is 5.91 Å². The molecular formula is C27H24FN5O3. The Balaban J connectivity index is 1.49. The van der Waals surface area contributed by atoms with Gasteiger partial charge in [0.15, 0.2) is 17.2 Å². The number of fused-ring (bicyclic) bond motifs is 1. The van der Waals surface area contributed by atoms with Gasteiger partial charge in [-0.2, -0.15) is 5.26 Å². The van der Waals surface area contributed by atoms with Crippen molar-refractivity contribution in [2.75, 3.05) is 32.6 Å². The number of nitrogens with one attached hydrogen (secondary N) is 1. The normalized spacial score (nSPS) is 13.9. The van der Waals surface area contributed by atoms with Crippen molar-refractivity contribution in [1.29, 1.82) is 5.26 Å². The lowest BCUT2D eigenvalue weighted by Crippen LogP contribution is -2.28. The Morgan fingerprint density at radius 3 is 2.69 bits per heavy atom. The number of carbonyl (C=O) groups excluding carboxylic acids is 1. The van der Waals surface area contributed by atoms with E-state index in [-0.39, 0.29) is 29.0 Å². The number of nitrogens with zero attached hydrogens (tertiary/aromatic N) is 4. The van der Waals surface area contributed by atoms with Gasteiger partial charge in [0.1, 0.15) is 17.3 Å². The van der Waals surface area contributed by atoms with E-state index in [4.69, 9.17) is 9.15 Å². The lowest BCUT2D eigenvalue weighted by Gasteiger charge is -2.24. The molecule has 4 heterocycles. The summed E-state index contributed by atoms with van der Waals surface area (Å²) in [5.41, 5.74) is 3.91. The van der Waals surface area contributed by atoms with Gasteiger partial charge >= 0.3 is 0 Å². The van der Waals surface area contributed by atoms with Gasteiger partial charge < -0.3 is 19.4 Å². The van der Waals surface area contributed by atoms with Gasteiger partial charge in [-0.15, -0.1) is 0 Å². The second-order valence-electron chi connectivity index (χ2n) is 8.84. The predicted octanol–water partition coefficient (Wildman–Crippen LogP) is 4.86. The van der Waals surface area contributed by atoms with E-state index in [1.807, 2.05) is 12.1 Å². The van der Waals surface area contributed by atoms with Crippen LogP contribution in [0, 0.1) is 17.1 Å². The van der Waals surface area contributed by atoms with Gasteiger partial charge in [0.05, 0.1) is 16.8 Å². The summed E-state index contributed by atoms with van der Waals surface area (Å²) >= 11 is 0. The first-order valence-electron chi connectivity index (χ1n) is 11.6. The van der Waals surface area contributed by atoms with Crippen molar-refractivity contribution >= 4 is 22.7 Å². The molecule has 182 valence electrons. The molecule has 1 fully saturated rings. The highest BCUT2D eigenvalue weighted by Crippen LogP contribution is 2.35. The molecule has 4 aromatic rings. The summed E-state index contributed by atoms with van der Waals surface area (Å²) in [6, 6.07) is 12.7. The zero-order chi connectivity index (χ0) is 25.2. The number of aromatic nitrogens is 2. The number of halogens is 1. The number of hydrogen-bond donors (Lipinski definition) is 1. The summed E-state index contributed by atoms with van der Waals surface area (Å²) in [7, 11) is 3.18. The number of furan rings is 1. The molecule has 9 heteroatoms. The summed E-state index contributed by atoms with van der Waals surface area (Å²) in [5.74, 6) is -0.812. The third-order valence-corrected chi connectivity index (χ3v) is 6.17. The van der Waals surface area contributed by atoms with E-state index >= 15 is 0 Å². The van der Waals surface area contributed by atoms with Crippen LogP contribution in [-0.2, 0) is 4.74 Å². The van der Waals surface area contributed by atoms with Crippen molar-refractivity contribution in [3.63, 3.8) is 0 Å². The van der Waals surface area contributed by atoms with Crippen molar-refractivity contribution in [3.05, 3.63) is 65.7 Å². The zero-order valence-corrected chi connectivity index (χ0v) is 19.9. The Labute approximate surface area is 207 Å². The number of benzene rings is 1. The van der Waals surface area contributed by atoms with Crippen LogP contribution in [0.2, 0.25) is 0 Å². The molecule has 3 aromatic heterocycles. The second kappa shape index (κ2) is 9.76. The highest BCUT2D eigenvalue weighted by atomic mass is 19.1. The second-order valence-corrected chi connectivity index (χ2v) is 8.84. The molecule has 1 amide bonds. The average Bonchev–Trinajstić information content (AvgIpc) is 3.33. The fourth-order valence-electron chi connectivity index (χ4n) is 4.27. The summed E-state index contributed by atoms with van der Waals surface area (Å²) in [5, 5.41) is 13.2. The van der Waals surface area contributed by atoms with Crippen LogP contribution in [0.1, 0.15) is 28.8 Å². The summed E-state index contributed by atoms with van der Waals surface area (Å²) < 4.78 is 26.3. The smallest absolute Gasteiger partial charge is 0.255 e. The Morgan fingerprint density at radius 1 is 1.17 bits per heavy atom. The molecule has 0 saturated carbocycles. The molecule has 0 aliphatic carbocycles. The number of pyridine rings is 2. The maximum Gasteiger partial charge on any atom is 0.255 e. The Bertz CT molecular complexity index is 1480. The van der Waals surface area contributed by atoms with E-state index in [2.05, 4.69) is 21.4 Å².